The number of nitrogens with one attached hydrogen (secondary N) is 2. The van der Waals surface area contributed by atoms with E-state index < -0.39 is 15.9 Å². The minimum absolute atomic E-state index is 0.0498. The molecule has 2 N–H and O–H groups in total. The number of benzene rings is 3. The highest BCUT2D eigenvalue weighted by Gasteiger charge is 2.17. The Morgan fingerprint density at radius 1 is 0.938 bits per heavy atom. The van der Waals surface area contributed by atoms with Crippen LogP contribution in [0, 0.1) is 6.92 Å². The summed E-state index contributed by atoms with van der Waals surface area (Å²) in [4.78, 5) is 12.1. The lowest BCUT2D eigenvalue weighted by molar-refractivity contribution is -0.118. The van der Waals surface area contributed by atoms with Gasteiger partial charge in [0.05, 0.1) is 17.0 Å². The summed E-state index contributed by atoms with van der Waals surface area (Å²) in [5.74, 6) is 0.359. The van der Waals surface area contributed by atoms with Gasteiger partial charge in [0.15, 0.2) is 6.61 Å². The fraction of sp³-hybridized carbons (Fsp3) is 0.136. The number of halogens is 2. The molecule has 0 saturated carbocycles. The van der Waals surface area contributed by atoms with Gasteiger partial charge in [-0.15, -0.1) is 0 Å². The number of carbonyl (C=O) groups is 1. The Labute approximate surface area is 196 Å². The molecule has 10 heteroatoms. The molecule has 0 atom stereocenters. The number of rotatable bonds is 8. The molecule has 0 radical (unpaired) electrons. The minimum Gasteiger partial charge on any atom is -0.497 e. The van der Waals surface area contributed by atoms with Crippen LogP contribution >= 0.6 is 23.2 Å². The van der Waals surface area contributed by atoms with E-state index in [9.17, 15) is 13.2 Å². The molecule has 0 aliphatic rings. The molecular weight excluding hydrogens is 475 g/mol. The van der Waals surface area contributed by atoms with Crippen molar-refractivity contribution in [3.8, 4) is 11.5 Å². The van der Waals surface area contributed by atoms with Crippen LogP contribution in [0.3, 0.4) is 0 Å². The van der Waals surface area contributed by atoms with Gasteiger partial charge in [0.25, 0.3) is 15.9 Å². The summed E-state index contributed by atoms with van der Waals surface area (Å²) in [6, 6.07) is 15.6. The Hall–Kier alpha value is -2.94. The van der Waals surface area contributed by atoms with E-state index in [0.29, 0.717) is 22.1 Å². The first-order valence-electron chi connectivity index (χ1n) is 9.33. The maximum absolute atomic E-state index is 12.6. The molecule has 0 aromatic heterocycles. The molecule has 3 rings (SSSR count). The predicted molar refractivity (Wildman–Crippen MR) is 126 cm³/mol. The van der Waals surface area contributed by atoms with Gasteiger partial charge in [-0.3, -0.25) is 9.52 Å². The van der Waals surface area contributed by atoms with E-state index in [4.69, 9.17) is 32.7 Å². The fourth-order valence-corrected chi connectivity index (χ4v) is 4.21. The van der Waals surface area contributed by atoms with Gasteiger partial charge >= 0.3 is 0 Å². The second kappa shape index (κ2) is 10.1. The maximum atomic E-state index is 12.6. The van der Waals surface area contributed by atoms with Crippen LogP contribution < -0.4 is 19.5 Å². The second-order valence-corrected chi connectivity index (χ2v) is 9.22. The van der Waals surface area contributed by atoms with Crippen molar-refractivity contribution in [2.45, 2.75) is 11.8 Å². The van der Waals surface area contributed by atoms with Gasteiger partial charge < -0.3 is 14.8 Å². The predicted octanol–water partition coefficient (Wildman–Crippen LogP) is 5.13. The number of hydrogen-bond donors (Lipinski definition) is 2. The molecular formula is C22H20Cl2N2O5S. The number of amides is 1. The zero-order valence-corrected chi connectivity index (χ0v) is 19.5. The topological polar surface area (TPSA) is 93.7 Å². The maximum Gasteiger partial charge on any atom is 0.262 e. The van der Waals surface area contributed by atoms with Crippen LogP contribution in [0.1, 0.15) is 5.56 Å². The Bertz CT molecular complexity index is 1230. The van der Waals surface area contributed by atoms with Crippen molar-refractivity contribution in [1.29, 1.82) is 0 Å². The van der Waals surface area contributed by atoms with E-state index in [1.54, 1.807) is 42.5 Å². The number of sulfonamides is 1. The number of methoxy groups -OCH3 is 1. The zero-order chi connectivity index (χ0) is 23.3. The molecule has 32 heavy (non-hydrogen) atoms. The Balaban J connectivity index is 1.63. The van der Waals surface area contributed by atoms with Crippen molar-refractivity contribution in [2.24, 2.45) is 0 Å². The monoisotopic (exact) mass is 494 g/mol. The number of ether oxygens (including phenoxy) is 2. The zero-order valence-electron chi connectivity index (χ0n) is 17.2. The van der Waals surface area contributed by atoms with E-state index in [0.717, 1.165) is 5.56 Å². The van der Waals surface area contributed by atoms with Crippen molar-refractivity contribution >= 4 is 50.5 Å². The number of aryl methyl sites for hydroxylation is 1. The molecule has 1 amide bonds. The van der Waals surface area contributed by atoms with Crippen LogP contribution in [0.2, 0.25) is 10.0 Å². The molecule has 3 aromatic carbocycles. The van der Waals surface area contributed by atoms with Crippen molar-refractivity contribution < 1.29 is 22.7 Å². The molecule has 168 valence electrons. The van der Waals surface area contributed by atoms with Crippen LogP contribution in [0.25, 0.3) is 0 Å². The Morgan fingerprint density at radius 3 is 2.25 bits per heavy atom. The first-order chi connectivity index (χ1) is 15.2. The molecule has 0 aliphatic heterocycles. The van der Waals surface area contributed by atoms with E-state index in [1.807, 2.05) is 6.92 Å². The van der Waals surface area contributed by atoms with E-state index in [-0.39, 0.29) is 22.3 Å². The molecule has 0 heterocycles. The van der Waals surface area contributed by atoms with Crippen molar-refractivity contribution in [3.05, 3.63) is 76.3 Å². The van der Waals surface area contributed by atoms with E-state index in [2.05, 4.69) is 10.0 Å². The normalized spacial score (nSPS) is 11.0. The summed E-state index contributed by atoms with van der Waals surface area (Å²) in [6.45, 7) is 1.54. The van der Waals surface area contributed by atoms with E-state index in [1.165, 1.54) is 25.3 Å². The van der Waals surface area contributed by atoms with Gasteiger partial charge in [-0.25, -0.2) is 8.42 Å². The van der Waals surface area contributed by atoms with Gasteiger partial charge in [-0.05, 0) is 67.1 Å². The number of anilines is 2. The van der Waals surface area contributed by atoms with Crippen LogP contribution in [0.5, 0.6) is 11.5 Å². The molecule has 0 fully saturated rings. The first-order valence-corrected chi connectivity index (χ1v) is 11.6. The molecule has 0 unspecified atom stereocenters. The Morgan fingerprint density at radius 2 is 1.62 bits per heavy atom. The van der Waals surface area contributed by atoms with Crippen LogP contribution in [0.4, 0.5) is 11.4 Å². The second-order valence-electron chi connectivity index (χ2n) is 6.73. The summed E-state index contributed by atoms with van der Waals surface area (Å²) >= 11 is 12.2. The van der Waals surface area contributed by atoms with Gasteiger partial charge in [0, 0.05) is 16.4 Å². The Kier molecular flexibility index (Phi) is 7.50. The molecule has 0 saturated heterocycles. The highest BCUT2D eigenvalue weighted by atomic mass is 35.5. The van der Waals surface area contributed by atoms with Crippen LogP contribution in [-0.4, -0.2) is 28.0 Å². The van der Waals surface area contributed by atoms with Gasteiger partial charge in [-0.1, -0.05) is 29.3 Å². The summed E-state index contributed by atoms with van der Waals surface area (Å²) in [6.07, 6.45) is 0. The van der Waals surface area contributed by atoms with Crippen LogP contribution in [0.15, 0.2) is 65.6 Å². The molecule has 3 aromatic rings. The lowest BCUT2D eigenvalue weighted by atomic mass is 10.2. The molecule has 7 nitrogen and oxygen atoms in total. The third-order valence-electron chi connectivity index (χ3n) is 4.37. The minimum atomic E-state index is -3.87. The number of hydrogen-bond acceptors (Lipinski definition) is 5. The smallest absolute Gasteiger partial charge is 0.262 e. The summed E-state index contributed by atoms with van der Waals surface area (Å²) in [5, 5.41) is 3.25. The standard InChI is InChI=1S/C22H20Cl2N2O5S/c1-14-3-4-16(11-19(14)23)25-22(27)13-31-21-10-9-18(12-20(21)24)32(28,29)26-15-5-7-17(30-2)8-6-15/h3-12,26H,13H2,1-2H3,(H,25,27). The first kappa shape index (κ1) is 23.7. The summed E-state index contributed by atoms with van der Waals surface area (Å²) in [7, 11) is -2.35. The third-order valence-corrected chi connectivity index (χ3v) is 6.45. The van der Waals surface area contributed by atoms with Gasteiger partial charge in [0.2, 0.25) is 0 Å². The summed E-state index contributed by atoms with van der Waals surface area (Å²) in [5.41, 5.74) is 1.80. The van der Waals surface area contributed by atoms with Gasteiger partial charge in [0.1, 0.15) is 11.5 Å². The molecule has 0 spiro atoms. The molecule has 0 bridgehead atoms. The van der Waals surface area contributed by atoms with E-state index >= 15 is 0 Å². The summed E-state index contributed by atoms with van der Waals surface area (Å²) < 4.78 is 38.2. The fourth-order valence-electron chi connectivity index (χ4n) is 2.65. The highest BCUT2D eigenvalue weighted by molar-refractivity contribution is 7.92. The lowest BCUT2D eigenvalue weighted by Gasteiger charge is -2.12. The van der Waals surface area contributed by atoms with Crippen molar-refractivity contribution in [2.75, 3.05) is 23.8 Å². The average Bonchev–Trinajstić information content (AvgIpc) is 2.75. The lowest BCUT2D eigenvalue weighted by Crippen LogP contribution is -2.20. The molecule has 0 aliphatic carbocycles. The quantitative estimate of drug-likeness (QED) is 0.452. The average molecular weight is 495 g/mol. The van der Waals surface area contributed by atoms with Crippen molar-refractivity contribution in [1.82, 2.24) is 0 Å². The SMILES string of the molecule is COc1ccc(NS(=O)(=O)c2ccc(OCC(=O)Nc3ccc(C)c(Cl)c3)c(Cl)c2)cc1. The number of carbonyl (C=O) groups excluding carboxylic acids is 1. The van der Waals surface area contributed by atoms with Crippen LogP contribution in [-0.2, 0) is 14.8 Å². The highest BCUT2D eigenvalue weighted by Crippen LogP contribution is 2.29. The van der Waals surface area contributed by atoms with Gasteiger partial charge in [-0.2, -0.15) is 0 Å². The van der Waals surface area contributed by atoms with Crippen molar-refractivity contribution in [3.63, 3.8) is 0 Å². The largest absolute Gasteiger partial charge is 0.497 e. The third kappa shape index (κ3) is 6.06.